The number of nitrogens with one attached hydrogen (secondary N) is 1. The van der Waals surface area contributed by atoms with E-state index < -0.39 is 17.9 Å². The van der Waals surface area contributed by atoms with E-state index in [4.69, 9.17) is 9.47 Å². The molecule has 1 aliphatic heterocycles. The maximum absolute atomic E-state index is 12.6. The highest BCUT2D eigenvalue weighted by Crippen LogP contribution is 2.31. The van der Waals surface area contributed by atoms with Gasteiger partial charge in [0.15, 0.2) is 22.5 Å². The number of benzene rings is 2. The Kier molecular flexibility index (Phi) is 6.44. The molecule has 1 aliphatic rings. The molecule has 0 spiro atoms. The van der Waals surface area contributed by atoms with E-state index in [1.165, 1.54) is 11.8 Å². The molecule has 176 valence electrons. The molecular weight excluding hydrogens is 466 g/mol. The minimum atomic E-state index is -0.911. The van der Waals surface area contributed by atoms with E-state index in [-0.39, 0.29) is 12.4 Å². The zero-order valence-corrected chi connectivity index (χ0v) is 19.6. The number of carbonyl (C=O) groups excluding carboxylic acids is 2. The van der Waals surface area contributed by atoms with Crippen LogP contribution in [0.4, 0.5) is 0 Å². The molecule has 0 unspecified atom stereocenters. The number of ether oxygens (including phenoxy) is 2. The second kappa shape index (κ2) is 9.98. The van der Waals surface area contributed by atoms with Gasteiger partial charge in [0.1, 0.15) is 6.61 Å². The Hall–Kier alpha value is -4.18. The fourth-order valence-electron chi connectivity index (χ4n) is 3.61. The smallest absolute Gasteiger partial charge is 0.271 e. The van der Waals surface area contributed by atoms with Crippen molar-refractivity contribution in [2.24, 2.45) is 0 Å². The van der Waals surface area contributed by atoms with Gasteiger partial charge < -0.3 is 9.47 Å². The van der Waals surface area contributed by atoms with Crippen molar-refractivity contribution in [3.8, 4) is 28.6 Å². The minimum absolute atomic E-state index is 0.0271. The lowest BCUT2D eigenvalue weighted by Crippen LogP contribution is -2.46. The van der Waals surface area contributed by atoms with Crippen molar-refractivity contribution in [1.82, 2.24) is 25.1 Å². The average molecular weight is 488 g/mol. The summed E-state index contributed by atoms with van der Waals surface area (Å²) in [6, 6.07) is 18.6. The minimum Gasteiger partial charge on any atom is -0.485 e. The maximum Gasteiger partial charge on any atom is 0.271 e. The number of aryl methyl sites for hydroxylation is 1. The van der Waals surface area contributed by atoms with Gasteiger partial charge in [-0.25, -0.2) is 0 Å². The number of imide groups is 1. The third-order valence-corrected chi connectivity index (χ3v) is 6.23. The molecule has 3 heterocycles. The lowest BCUT2D eigenvalue weighted by Gasteiger charge is -2.25. The number of thioether (sulfide) groups is 1. The Morgan fingerprint density at radius 2 is 1.86 bits per heavy atom. The van der Waals surface area contributed by atoms with E-state index in [0.29, 0.717) is 22.5 Å². The van der Waals surface area contributed by atoms with Gasteiger partial charge in [0.05, 0.1) is 11.4 Å². The topological polar surface area (TPSA) is 108 Å². The largest absolute Gasteiger partial charge is 0.485 e. The summed E-state index contributed by atoms with van der Waals surface area (Å²) in [7, 11) is 0. The summed E-state index contributed by atoms with van der Waals surface area (Å²) in [6.07, 6.45) is 2.49. The van der Waals surface area contributed by atoms with Gasteiger partial charge in [-0.05, 0) is 42.8 Å². The molecule has 2 aromatic carbocycles. The second-order valence-electron chi connectivity index (χ2n) is 7.74. The van der Waals surface area contributed by atoms with Crippen molar-refractivity contribution in [3.63, 3.8) is 0 Å². The molecule has 2 amide bonds. The summed E-state index contributed by atoms with van der Waals surface area (Å²) in [5.74, 6) is 0.588. The first kappa shape index (κ1) is 22.6. The monoisotopic (exact) mass is 487 g/mol. The summed E-state index contributed by atoms with van der Waals surface area (Å²) >= 11 is 1.18. The van der Waals surface area contributed by atoms with Gasteiger partial charge in [0.2, 0.25) is 12.0 Å². The zero-order chi connectivity index (χ0) is 24.2. The van der Waals surface area contributed by atoms with Crippen LogP contribution >= 0.6 is 11.8 Å². The molecule has 9 nitrogen and oxygen atoms in total. The molecule has 0 bridgehead atoms. The van der Waals surface area contributed by atoms with Crippen LogP contribution < -0.4 is 14.8 Å². The Labute approximate surface area is 205 Å². The Morgan fingerprint density at radius 1 is 1.06 bits per heavy atom. The van der Waals surface area contributed by atoms with E-state index >= 15 is 0 Å². The first-order chi connectivity index (χ1) is 17.1. The third-order valence-electron chi connectivity index (χ3n) is 5.31. The molecule has 0 radical (unpaired) electrons. The van der Waals surface area contributed by atoms with Crippen LogP contribution in [0.25, 0.3) is 17.1 Å². The van der Waals surface area contributed by atoms with Gasteiger partial charge in [0.25, 0.3) is 5.91 Å². The normalized spacial score (nSPS) is 14.4. The highest BCUT2D eigenvalue weighted by atomic mass is 32.2. The number of hydrogen-bond donors (Lipinski definition) is 1. The summed E-state index contributed by atoms with van der Waals surface area (Å²) in [5.41, 5.74) is 2.71. The predicted octanol–water partition coefficient (Wildman–Crippen LogP) is 3.21. The number of aromatic nitrogens is 4. The van der Waals surface area contributed by atoms with Gasteiger partial charge in [-0.2, -0.15) is 0 Å². The van der Waals surface area contributed by atoms with Crippen molar-refractivity contribution in [3.05, 3.63) is 78.6 Å². The molecule has 35 heavy (non-hydrogen) atoms. The Balaban J connectivity index is 1.30. The van der Waals surface area contributed by atoms with Gasteiger partial charge in [-0.1, -0.05) is 42.1 Å². The number of fused-ring (bicyclic) bond motifs is 1. The highest BCUT2D eigenvalue weighted by Gasteiger charge is 2.28. The Morgan fingerprint density at radius 3 is 2.66 bits per heavy atom. The van der Waals surface area contributed by atoms with E-state index in [2.05, 4.69) is 20.5 Å². The quantitative estimate of drug-likeness (QED) is 0.413. The van der Waals surface area contributed by atoms with E-state index in [9.17, 15) is 9.59 Å². The fraction of sp³-hybridized carbons (Fsp3) is 0.160. The van der Waals surface area contributed by atoms with Crippen molar-refractivity contribution in [1.29, 1.82) is 0 Å². The van der Waals surface area contributed by atoms with Gasteiger partial charge >= 0.3 is 0 Å². The Bertz CT molecular complexity index is 1380. The molecule has 1 N–H and O–H groups in total. The molecule has 2 aromatic heterocycles. The third kappa shape index (κ3) is 4.87. The summed E-state index contributed by atoms with van der Waals surface area (Å²) < 4.78 is 13.1. The first-order valence-electron chi connectivity index (χ1n) is 10.9. The van der Waals surface area contributed by atoms with E-state index in [1.54, 1.807) is 30.6 Å². The van der Waals surface area contributed by atoms with Crippen LogP contribution in [0.1, 0.15) is 5.56 Å². The molecule has 10 heteroatoms. The number of nitrogens with zero attached hydrogens (tertiary/aromatic N) is 4. The van der Waals surface area contributed by atoms with Crippen LogP contribution in [0.2, 0.25) is 0 Å². The molecule has 0 fully saturated rings. The van der Waals surface area contributed by atoms with Crippen molar-refractivity contribution in [2.45, 2.75) is 18.2 Å². The molecule has 0 saturated carbocycles. The van der Waals surface area contributed by atoms with Crippen LogP contribution in [0.5, 0.6) is 11.5 Å². The summed E-state index contributed by atoms with van der Waals surface area (Å²) in [4.78, 5) is 29.3. The fourth-order valence-corrected chi connectivity index (χ4v) is 4.35. The first-order valence-corrected chi connectivity index (χ1v) is 11.9. The van der Waals surface area contributed by atoms with Gasteiger partial charge in [-0.3, -0.25) is 24.5 Å². The van der Waals surface area contributed by atoms with Crippen molar-refractivity contribution >= 4 is 23.6 Å². The number of amides is 2. The SMILES string of the molecule is Cc1ccccc1-n1c(SCC(=O)NC(=O)[C@H]2COc3ccccc3O2)nnc1-c1cccnc1. The van der Waals surface area contributed by atoms with Crippen LogP contribution in [0, 0.1) is 6.92 Å². The summed E-state index contributed by atoms with van der Waals surface area (Å²) in [5, 5.41) is 11.6. The standard InChI is InChI=1S/C25H21N5O4S/c1-16-7-2-3-9-18(16)30-23(17-8-6-12-26-13-17)28-29-25(30)35-15-22(31)27-24(32)21-14-33-19-10-4-5-11-20(19)34-21/h2-13,21H,14-15H2,1H3,(H,27,31,32)/t21-/m1/s1. The van der Waals surface area contributed by atoms with E-state index in [1.807, 2.05) is 54.0 Å². The van der Waals surface area contributed by atoms with Gasteiger partial charge in [-0.15, -0.1) is 10.2 Å². The van der Waals surface area contributed by atoms with Gasteiger partial charge in [0, 0.05) is 18.0 Å². The number of rotatable bonds is 6. The van der Waals surface area contributed by atoms with E-state index in [0.717, 1.165) is 16.8 Å². The average Bonchev–Trinajstić information content (AvgIpc) is 3.31. The van der Waals surface area contributed by atoms with Crippen LogP contribution in [-0.4, -0.2) is 50.0 Å². The number of carbonyl (C=O) groups is 2. The maximum atomic E-state index is 12.6. The molecular formula is C25H21N5O4S. The van der Waals surface area contributed by atoms with Crippen LogP contribution in [0.15, 0.2) is 78.2 Å². The number of pyridine rings is 1. The molecule has 1 atom stereocenters. The number of hydrogen-bond acceptors (Lipinski definition) is 8. The predicted molar refractivity (Wildman–Crippen MR) is 130 cm³/mol. The van der Waals surface area contributed by atoms with Crippen LogP contribution in [0.3, 0.4) is 0 Å². The lowest BCUT2D eigenvalue weighted by atomic mass is 10.2. The number of para-hydroxylation sites is 3. The lowest BCUT2D eigenvalue weighted by molar-refractivity contribution is -0.135. The van der Waals surface area contributed by atoms with Crippen LogP contribution in [-0.2, 0) is 9.59 Å². The highest BCUT2D eigenvalue weighted by molar-refractivity contribution is 7.99. The molecule has 0 aliphatic carbocycles. The molecule has 0 saturated heterocycles. The summed E-state index contributed by atoms with van der Waals surface area (Å²) in [6.45, 7) is 2.02. The molecule has 4 aromatic rings. The van der Waals surface area contributed by atoms with Crippen molar-refractivity contribution in [2.75, 3.05) is 12.4 Å². The zero-order valence-electron chi connectivity index (χ0n) is 18.7. The van der Waals surface area contributed by atoms with Crippen molar-refractivity contribution < 1.29 is 19.1 Å². The second-order valence-corrected chi connectivity index (χ2v) is 8.68. The molecule has 5 rings (SSSR count).